The molecule has 0 spiro atoms. The van der Waals surface area contributed by atoms with Crippen LogP contribution in [0.3, 0.4) is 0 Å². The third kappa shape index (κ3) is 2.68. The molecule has 2 aromatic rings. The number of halogens is 1. The zero-order chi connectivity index (χ0) is 13.0. The molecule has 0 amide bonds. The van der Waals surface area contributed by atoms with Crippen molar-refractivity contribution < 1.29 is 14.2 Å². The number of hydrogen-bond acceptors (Lipinski definition) is 2. The van der Waals surface area contributed by atoms with Crippen molar-refractivity contribution in [2.45, 2.75) is 6.42 Å². The van der Waals surface area contributed by atoms with Gasteiger partial charge in [0.25, 0.3) is 0 Å². The van der Waals surface area contributed by atoms with Crippen LogP contribution in [0.1, 0.15) is 5.56 Å². The first-order chi connectivity index (χ1) is 8.74. The van der Waals surface area contributed by atoms with Crippen molar-refractivity contribution in [1.82, 2.24) is 0 Å². The summed E-state index contributed by atoms with van der Waals surface area (Å²) < 4.78 is 18.6. The fraction of sp³-hybridized carbons (Fsp3) is 0.200. The van der Waals surface area contributed by atoms with Crippen LogP contribution in [0.25, 0.3) is 11.1 Å². The lowest BCUT2D eigenvalue weighted by Crippen LogP contribution is -1.93. The lowest BCUT2D eigenvalue weighted by atomic mass is 10.0. The Balaban J connectivity index is 2.47. The molecule has 0 aliphatic heterocycles. The minimum absolute atomic E-state index is 0.101. The van der Waals surface area contributed by atoms with Crippen LogP contribution >= 0.6 is 0 Å². The smallest absolute Gasteiger partial charge is 0.126 e. The summed E-state index contributed by atoms with van der Waals surface area (Å²) in [4.78, 5) is 0. The Morgan fingerprint density at radius 2 is 2.00 bits per heavy atom. The molecule has 0 unspecified atom stereocenters. The standard InChI is InChI=1S/C15H15FO2/c1-18-15-6-5-13(16)10-14(15)12-4-2-3-11(9-12)7-8-17/h2-6,9-10,17H,7-8H2,1H3. The van der Waals surface area contributed by atoms with Crippen molar-refractivity contribution in [2.75, 3.05) is 13.7 Å². The van der Waals surface area contributed by atoms with Gasteiger partial charge in [0.05, 0.1) is 7.11 Å². The molecule has 1 N–H and O–H groups in total. The molecule has 0 aliphatic rings. The van der Waals surface area contributed by atoms with Gasteiger partial charge in [0.1, 0.15) is 11.6 Å². The van der Waals surface area contributed by atoms with Gasteiger partial charge in [-0.15, -0.1) is 0 Å². The van der Waals surface area contributed by atoms with E-state index >= 15 is 0 Å². The highest BCUT2D eigenvalue weighted by Gasteiger charge is 2.07. The molecule has 0 aliphatic carbocycles. The van der Waals surface area contributed by atoms with E-state index in [1.165, 1.54) is 12.1 Å². The topological polar surface area (TPSA) is 29.5 Å². The van der Waals surface area contributed by atoms with E-state index in [0.717, 1.165) is 16.7 Å². The molecular formula is C15H15FO2. The number of rotatable bonds is 4. The maximum absolute atomic E-state index is 13.3. The van der Waals surface area contributed by atoms with E-state index in [0.29, 0.717) is 12.2 Å². The van der Waals surface area contributed by atoms with E-state index in [2.05, 4.69) is 0 Å². The van der Waals surface area contributed by atoms with Crippen LogP contribution in [0.2, 0.25) is 0 Å². The highest BCUT2D eigenvalue weighted by atomic mass is 19.1. The number of benzene rings is 2. The average Bonchev–Trinajstić information content (AvgIpc) is 2.39. The Morgan fingerprint density at radius 3 is 2.72 bits per heavy atom. The number of methoxy groups -OCH3 is 1. The SMILES string of the molecule is COc1ccc(F)cc1-c1cccc(CCO)c1. The highest BCUT2D eigenvalue weighted by molar-refractivity contribution is 5.71. The molecule has 0 bridgehead atoms. The Labute approximate surface area is 106 Å². The molecule has 0 saturated carbocycles. The van der Waals surface area contributed by atoms with Gasteiger partial charge in [0.15, 0.2) is 0 Å². The van der Waals surface area contributed by atoms with Gasteiger partial charge in [-0.25, -0.2) is 4.39 Å². The Bertz CT molecular complexity index is 538. The third-order valence-corrected chi connectivity index (χ3v) is 2.80. The van der Waals surface area contributed by atoms with Crippen LogP contribution < -0.4 is 4.74 Å². The second kappa shape index (κ2) is 5.65. The fourth-order valence-electron chi connectivity index (χ4n) is 1.93. The van der Waals surface area contributed by atoms with Crippen molar-refractivity contribution in [2.24, 2.45) is 0 Å². The maximum Gasteiger partial charge on any atom is 0.126 e. The molecule has 3 heteroatoms. The second-order valence-electron chi connectivity index (χ2n) is 4.02. The zero-order valence-electron chi connectivity index (χ0n) is 10.2. The van der Waals surface area contributed by atoms with Crippen LogP contribution in [0.4, 0.5) is 4.39 Å². The summed E-state index contributed by atoms with van der Waals surface area (Å²) in [6, 6.07) is 12.1. The summed E-state index contributed by atoms with van der Waals surface area (Å²) in [6.45, 7) is 0.101. The van der Waals surface area contributed by atoms with Crippen LogP contribution in [0, 0.1) is 5.82 Å². The van der Waals surface area contributed by atoms with Crippen LogP contribution in [0.5, 0.6) is 5.75 Å². The van der Waals surface area contributed by atoms with Gasteiger partial charge >= 0.3 is 0 Å². The second-order valence-corrected chi connectivity index (χ2v) is 4.02. The van der Waals surface area contributed by atoms with E-state index < -0.39 is 0 Å². The number of hydrogen-bond donors (Lipinski definition) is 1. The molecule has 2 nitrogen and oxygen atoms in total. The molecule has 2 aromatic carbocycles. The molecule has 2 rings (SSSR count). The van der Waals surface area contributed by atoms with Crippen LogP contribution in [-0.4, -0.2) is 18.8 Å². The monoisotopic (exact) mass is 246 g/mol. The predicted octanol–water partition coefficient (Wildman–Crippen LogP) is 3.04. The first-order valence-electron chi connectivity index (χ1n) is 5.78. The molecule has 0 aromatic heterocycles. The van der Waals surface area contributed by atoms with Crippen LogP contribution in [0.15, 0.2) is 42.5 Å². The van der Waals surface area contributed by atoms with Crippen molar-refractivity contribution in [3.05, 3.63) is 53.8 Å². The summed E-state index contributed by atoms with van der Waals surface area (Å²) in [6.07, 6.45) is 0.589. The molecule has 0 radical (unpaired) electrons. The van der Waals surface area contributed by atoms with Crippen molar-refractivity contribution in [3.8, 4) is 16.9 Å². The number of aliphatic hydroxyl groups is 1. The molecule has 18 heavy (non-hydrogen) atoms. The van der Waals surface area contributed by atoms with E-state index in [1.54, 1.807) is 13.2 Å². The molecule has 0 atom stereocenters. The summed E-state index contributed by atoms with van der Waals surface area (Å²) in [5.74, 6) is 0.343. The Morgan fingerprint density at radius 1 is 1.17 bits per heavy atom. The maximum atomic E-state index is 13.3. The van der Waals surface area contributed by atoms with Gasteiger partial charge in [-0.1, -0.05) is 24.3 Å². The molecule has 0 fully saturated rings. The minimum atomic E-state index is -0.293. The first kappa shape index (κ1) is 12.6. The van der Waals surface area contributed by atoms with Gasteiger partial charge < -0.3 is 9.84 Å². The summed E-state index contributed by atoms with van der Waals surface area (Å²) in [7, 11) is 1.56. The average molecular weight is 246 g/mol. The predicted molar refractivity (Wildman–Crippen MR) is 69.2 cm³/mol. The normalized spacial score (nSPS) is 10.4. The van der Waals surface area contributed by atoms with Gasteiger partial charge in [-0.2, -0.15) is 0 Å². The van der Waals surface area contributed by atoms with E-state index in [1.807, 2.05) is 24.3 Å². The Hall–Kier alpha value is -1.87. The quantitative estimate of drug-likeness (QED) is 0.898. The van der Waals surface area contributed by atoms with E-state index in [-0.39, 0.29) is 12.4 Å². The van der Waals surface area contributed by atoms with Gasteiger partial charge in [0, 0.05) is 12.2 Å². The third-order valence-electron chi connectivity index (χ3n) is 2.80. The lowest BCUT2D eigenvalue weighted by Gasteiger charge is -2.10. The Kier molecular flexibility index (Phi) is 3.95. The fourth-order valence-corrected chi connectivity index (χ4v) is 1.93. The van der Waals surface area contributed by atoms with Crippen molar-refractivity contribution in [3.63, 3.8) is 0 Å². The van der Waals surface area contributed by atoms with Crippen molar-refractivity contribution >= 4 is 0 Å². The van der Waals surface area contributed by atoms with E-state index in [4.69, 9.17) is 9.84 Å². The minimum Gasteiger partial charge on any atom is -0.496 e. The van der Waals surface area contributed by atoms with Gasteiger partial charge in [-0.05, 0) is 35.7 Å². The number of ether oxygens (including phenoxy) is 1. The van der Waals surface area contributed by atoms with Gasteiger partial charge in [0.2, 0.25) is 0 Å². The summed E-state index contributed by atoms with van der Waals surface area (Å²) in [5.41, 5.74) is 2.62. The van der Waals surface area contributed by atoms with Crippen molar-refractivity contribution in [1.29, 1.82) is 0 Å². The van der Waals surface area contributed by atoms with Gasteiger partial charge in [-0.3, -0.25) is 0 Å². The number of aliphatic hydroxyl groups excluding tert-OH is 1. The molecule has 94 valence electrons. The first-order valence-corrected chi connectivity index (χ1v) is 5.78. The molecule has 0 saturated heterocycles. The van der Waals surface area contributed by atoms with Crippen LogP contribution in [-0.2, 0) is 6.42 Å². The molecular weight excluding hydrogens is 231 g/mol. The van der Waals surface area contributed by atoms with E-state index in [9.17, 15) is 4.39 Å². The summed E-state index contributed by atoms with van der Waals surface area (Å²) >= 11 is 0. The lowest BCUT2D eigenvalue weighted by molar-refractivity contribution is 0.299. The summed E-state index contributed by atoms with van der Waals surface area (Å²) in [5, 5.41) is 8.94. The largest absolute Gasteiger partial charge is 0.496 e. The zero-order valence-corrected chi connectivity index (χ0v) is 10.2. The highest BCUT2D eigenvalue weighted by Crippen LogP contribution is 2.31. The molecule has 0 heterocycles.